The predicted octanol–water partition coefficient (Wildman–Crippen LogP) is 4.83. The van der Waals surface area contributed by atoms with Crippen LogP contribution in [-0.2, 0) is 6.61 Å². The first-order chi connectivity index (χ1) is 14.5. The van der Waals surface area contributed by atoms with Crippen molar-refractivity contribution >= 4 is 22.4 Å². The van der Waals surface area contributed by atoms with Crippen LogP contribution in [0.2, 0.25) is 0 Å². The number of fused-ring (bicyclic) bond motifs is 1. The quantitative estimate of drug-likeness (QED) is 0.441. The number of nitriles is 1. The summed E-state index contributed by atoms with van der Waals surface area (Å²) in [4.78, 5) is 4.65. The molecule has 0 saturated heterocycles. The van der Waals surface area contributed by atoms with E-state index in [1.54, 1.807) is 36.2 Å². The highest BCUT2D eigenvalue weighted by molar-refractivity contribution is 7.15. The Morgan fingerprint density at radius 3 is 2.43 bits per heavy atom. The van der Waals surface area contributed by atoms with E-state index in [1.165, 1.54) is 24.5 Å². The summed E-state index contributed by atoms with van der Waals surface area (Å²) in [6.45, 7) is -0.334. The first-order valence-corrected chi connectivity index (χ1v) is 9.56. The number of thiophene rings is 1. The van der Waals surface area contributed by atoms with Crippen molar-refractivity contribution in [3.8, 4) is 28.3 Å². The van der Waals surface area contributed by atoms with Crippen LogP contribution >= 0.6 is 11.3 Å². The van der Waals surface area contributed by atoms with E-state index in [0.29, 0.717) is 22.0 Å². The highest BCUT2D eigenvalue weighted by atomic mass is 32.1. The second-order valence-electron chi connectivity index (χ2n) is 6.19. The minimum Gasteiger partial charge on any atom is -0.493 e. The molecule has 0 fully saturated rings. The van der Waals surface area contributed by atoms with E-state index in [4.69, 9.17) is 14.2 Å². The normalized spacial score (nSPS) is 10.8. The van der Waals surface area contributed by atoms with Gasteiger partial charge in [0, 0.05) is 18.2 Å². The van der Waals surface area contributed by atoms with E-state index in [-0.39, 0.29) is 22.8 Å². The topological polar surface area (TPSA) is 69.3 Å². The Kier molecular flexibility index (Phi) is 5.25. The fraction of sp³-hybridized carbons (Fsp3) is 0.143. The first kappa shape index (κ1) is 19.7. The molecule has 0 amide bonds. The molecule has 2 aromatic heterocycles. The zero-order chi connectivity index (χ0) is 21.3. The van der Waals surface area contributed by atoms with Crippen molar-refractivity contribution in [3.05, 3.63) is 64.8 Å². The van der Waals surface area contributed by atoms with E-state index in [1.807, 2.05) is 0 Å². The van der Waals surface area contributed by atoms with Gasteiger partial charge in [0.25, 0.3) is 0 Å². The molecule has 0 aliphatic carbocycles. The number of imidazole rings is 1. The van der Waals surface area contributed by atoms with Crippen molar-refractivity contribution < 1.29 is 23.0 Å². The Morgan fingerprint density at radius 2 is 1.77 bits per heavy atom. The third-order valence-electron chi connectivity index (χ3n) is 4.51. The van der Waals surface area contributed by atoms with Crippen molar-refractivity contribution in [2.75, 3.05) is 14.2 Å². The largest absolute Gasteiger partial charge is 0.493 e. The highest BCUT2D eigenvalue weighted by Gasteiger charge is 2.17. The van der Waals surface area contributed by atoms with Gasteiger partial charge >= 0.3 is 0 Å². The zero-order valence-electron chi connectivity index (χ0n) is 16.0. The molecule has 2 heterocycles. The lowest BCUT2D eigenvalue weighted by Crippen LogP contribution is -2.01. The van der Waals surface area contributed by atoms with Crippen LogP contribution in [0.3, 0.4) is 0 Å². The summed E-state index contributed by atoms with van der Waals surface area (Å²) >= 11 is 1.18. The number of ether oxygens (including phenoxy) is 3. The Bertz CT molecular complexity index is 1260. The molecule has 0 spiro atoms. The van der Waals surface area contributed by atoms with Crippen LogP contribution in [0.4, 0.5) is 8.78 Å². The summed E-state index contributed by atoms with van der Waals surface area (Å²) in [5.74, 6) is -0.0795. The fourth-order valence-corrected chi connectivity index (χ4v) is 3.88. The van der Waals surface area contributed by atoms with Crippen LogP contribution in [0.1, 0.15) is 10.4 Å². The minimum atomic E-state index is -0.703. The molecule has 2 aromatic carbocycles. The molecule has 4 aromatic rings. The van der Waals surface area contributed by atoms with E-state index in [2.05, 4.69) is 11.1 Å². The van der Waals surface area contributed by atoms with E-state index in [9.17, 15) is 14.0 Å². The van der Waals surface area contributed by atoms with Crippen LogP contribution in [0.5, 0.6) is 17.2 Å². The Morgan fingerprint density at radius 1 is 1.07 bits per heavy atom. The standard InChI is InChI=1S/C21H15F2N3O3S/c1-27-17-6-15-16(7-18(17)28-2)26(11-25-15)21-8-19(20(9-24)30-21)29-10-12-13(22)4-3-5-14(12)23/h3-8,11H,10H2,1-2H3. The first-order valence-electron chi connectivity index (χ1n) is 8.74. The number of benzene rings is 2. The fourth-order valence-electron chi connectivity index (χ4n) is 3.00. The van der Waals surface area contributed by atoms with Gasteiger partial charge in [-0.1, -0.05) is 6.07 Å². The van der Waals surface area contributed by atoms with Crippen molar-refractivity contribution in [1.29, 1.82) is 5.26 Å². The monoisotopic (exact) mass is 427 g/mol. The predicted molar refractivity (Wildman–Crippen MR) is 107 cm³/mol. The average molecular weight is 427 g/mol. The lowest BCUT2D eigenvalue weighted by Gasteiger charge is -2.08. The molecule has 0 unspecified atom stereocenters. The molecule has 9 heteroatoms. The number of hydrogen-bond acceptors (Lipinski definition) is 6. The van der Waals surface area contributed by atoms with Gasteiger partial charge in [-0.25, -0.2) is 13.8 Å². The maximum absolute atomic E-state index is 13.9. The maximum atomic E-state index is 13.9. The summed E-state index contributed by atoms with van der Waals surface area (Å²) in [6.07, 6.45) is 1.61. The molecule has 0 saturated carbocycles. The summed E-state index contributed by atoms with van der Waals surface area (Å²) in [6, 6.07) is 10.8. The number of methoxy groups -OCH3 is 2. The molecule has 0 radical (unpaired) electrons. The van der Waals surface area contributed by atoms with Crippen LogP contribution < -0.4 is 14.2 Å². The molecular formula is C21H15F2N3O3S. The van der Waals surface area contributed by atoms with Crippen molar-refractivity contribution in [2.45, 2.75) is 6.61 Å². The number of rotatable bonds is 6. The van der Waals surface area contributed by atoms with Gasteiger partial charge in [-0.15, -0.1) is 11.3 Å². The number of hydrogen-bond donors (Lipinski definition) is 0. The van der Waals surface area contributed by atoms with Gasteiger partial charge in [0.2, 0.25) is 0 Å². The van der Waals surface area contributed by atoms with Crippen LogP contribution in [0.25, 0.3) is 16.0 Å². The third-order valence-corrected chi connectivity index (χ3v) is 5.53. The Hall–Kier alpha value is -3.64. The van der Waals surface area contributed by atoms with Gasteiger partial charge in [0.1, 0.15) is 40.5 Å². The van der Waals surface area contributed by atoms with Crippen molar-refractivity contribution in [2.24, 2.45) is 0 Å². The summed E-state index contributed by atoms with van der Waals surface area (Å²) in [5, 5.41) is 10.1. The van der Waals surface area contributed by atoms with Gasteiger partial charge < -0.3 is 14.2 Å². The number of nitrogens with zero attached hydrogens (tertiary/aromatic N) is 3. The summed E-state index contributed by atoms with van der Waals surface area (Å²) in [5.41, 5.74) is 1.22. The Labute approximate surface area is 174 Å². The second-order valence-corrected chi connectivity index (χ2v) is 7.22. The highest BCUT2D eigenvalue weighted by Crippen LogP contribution is 2.37. The summed E-state index contributed by atoms with van der Waals surface area (Å²) in [7, 11) is 3.08. The zero-order valence-corrected chi connectivity index (χ0v) is 16.8. The molecule has 30 heavy (non-hydrogen) atoms. The second kappa shape index (κ2) is 8.00. The van der Waals surface area contributed by atoms with Crippen molar-refractivity contribution in [3.63, 3.8) is 0 Å². The molecule has 4 rings (SSSR count). The molecule has 0 atom stereocenters. The molecule has 0 aliphatic rings. The van der Waals surface area contributed by atoms with Gasteiger partial charge in [-0.05, 0) is 12.1 Å². The molecule has 0 aliphatic heterocycles. The van der Waals surface area contributed by atoms with Crippen molar-refractivity contribution in [1.82, 2.24) is 9.55 Å². The number of halogens is 2. The van der Waals surface area contributed by atoms with Gasteiger partial charge in [-0.3, -0.25) is 4.57 Å². The van der Waals surface area contributed by atoms with Gasteiger partial charge in [0.15, 0.2) is 17.2 Å². The SMILES string of the molecule is COc1cc2ncn(-c3cc(OCc4c(F)cccc4F)c(C#N)s3)c2cc1OC. The van der Waals surface area contributed by atoms with E-state index in [0.717, 1.165) is 17.6 Å². The third kappa shape index (κ3) is 3.42. The molecule has 6 nitrogen and oxygen atoms in total. The molecule has 152 valence electrons. The van der Waals surface area contributed by atoms with Crippen LogP contribution in [-0.4, -0.2) is 23.8 Å². The maximum Gasteiger partial charge on any atom is 0.163 e. The van der Waals surface area contributed by atoms with Gasteiger partial charge in [0.05, 0.1) is 30.8 Å². The average Bonchev–Trinajstić information content (AvgIpc) is 3.35. The molecule has 0 bridgehead atoms. The van der Waals surface area contributed by atoms with Gasteiger partial charge in [-0.2, -0.15) is 5.26 Å². The summed E-state index contributed by atoms with van der Waals surface area (Å²) < 4.78 is 45.7. The Balaban J connectivity index is 1.70. The minimum absolute atomic E-state index is 0.195. The van der Waals surface area contributed by atoms with Crippen LogP contribution in [0, 0.1) is 23.0 Å². The molecule has 0 N–H and O–H groups in total. The lowest BCUT2D eigenvalue weighted by molar-refractivity contribution is 0.293. The number of aromatic nitrogens is 2. The van der Waals surface area contributed by atoms with E-state index >= 15 is 0 Å². The van der Waals surface area contributed by atoms with E-state index < -0.39 is 11.6 Å². The van der Waals surface area contributed by atoms with Crippen LogP contribution in [0.15, 0.2) is 42.7 Å². The molecular weight excluding hydrogens is 412 g/mol. The smallest absolute Gasteiger partial charge is 0.163 e. The lowest BCUT2D eigenvalue weighted by atomic mass is 10.2.